The topological polar surface area (TPSA) is 58.6 Å². The number of nitrogens with one attached hydrogen (secondary N) is 1. The number of rotatable bonds is 10. The lowest BCUT2D eigenvalue weighted by atomic mass is 10.0. The fourth-order valence-electron chi connectivity index (χ4n) is 3.04. The molecule has 0 aromatic heterocycles. The molecule has 0 bridgehead atoms. The number of benzene rings is 2. The molecular formula is C25H32BrClN2O3. The highest BCUT2D eigenvalue weighted by Crippen LogP contribution is 2.29. The van der Waals surface area contributed by atoms with E-state index in [1.54, 1.807) is 19.1 Å². The zero-order chi connectivity index (χ0) is 23.8. The minimum absolute atomic E-state index is 0.172. The van der Waals surface area contributed by atoms with E-state index >= 15 is 0 Å². The van der Waals surface area contributed by atoms with Crippen molar-refractivity contribution in [2.24, 2.45) is 5.92 Å². The van der Waals surface area contributed by atoms with Crippen LogP contribution in [0.2, 0.25) is 5.02 Å². The summed E-state index contributed by atoms with van der Waals surface area (Å²) in [5, 5.41) is 3.53. The maximum atomic E-state index is 13.1. The molecule has 2 aromatic carbocycles. The van der Waals surface area contributed by atoms with Crippen molar-refractivity contribution in [2.75, 3.05) is 13.2 Å². The van der Waals surface area contributed by atoms with E-state index in [-0.39, 0.29) is 25.0 Å². The number of ether oxygens (including phenoxy) is 1. The number of hydrogen-bond donors (Lipinski definition) is 1. The standard InChI is InChI=1S/C25H32BrClN2O3/c1-16(2)13-28-25(31)18(5)29(14-19-6-9-21(27)10-7-19)24(30)15-32-23-11-8-20(17(3)4)12-22(23)26/h6-12,16-18H,13-15H2,1-5H3,(H,28,31)/t18-/m0/s1. The van der Waals surface area contributed by atoms with Crippen molar-refractivity contribution in [1.82, 2.24) is 10.2 Å². The Morgan fingerprint density at radius 2 is 1.72 bits per heavy atom. The lowest BCUT2D eigenvalue weighted by Gasteiger charge is -2.29. The van der Waals surface area contributed by atoms with Gasteiger partial charge in [0.15, 0.2) is 6.61 Å². The largest absolute Gasteiger partial charge is 0.483 e. The Balaban J connectivity index is 2.15. The molecule has 0 aliphatic carbocycles. The Labute approximate surface area is 204 Å². The Morgan fingerprint density at radius 1 is 1.06 bits per heavy atom. The van der Waals surface area contributed by atoms with Crippen LogP contribution in [0.25, 0.3) is 0 Å². The Morgan fingerprint density at radius 3 is 2.28 bits per heavy atom. The molecule has 0 saturated heterocycles. The number of nitrogens with zero attached hydrogens (tertiary/aromatic N) is 1. The smallest absolute Gasteiger partial charge is 0.261 e. The fourth-order valence-corrected chi connectivity index (χ4v) is 3.67. The lowest BCUT2D eigenvalue weighted by molar-refractivity contribution is -0.142. The van der Waals surface area contributed by atoms with Crippen molar-refractivity contribution >= 4 is 39.3 Å². The van der Waals surface area contributed by atoms with Gasteiger partial charge in [-0.05, 0) is 70.1 Å². The predicted octanol–water partition coefficient (Wildman–Crippen LogP) is 5.79. The quantitative estimate of drug-likeness (QED) is 0.428. The van der Waals surface area contributed by atoms with Crippen LogP contribution in [-0.4, -0.2) is 35.9 Å². The lowest BCUT2D eigenvalue weighted by Crippen LogP contribution is -2.49. The Hall–Kier alpha value is -2.05. The molecule has 2 amide bonds. The zero-order valence-corrected chi connectivity index (χ0v) is 21.7. The molecule has 0 fully saturated rings. The molecule has 5 nitrogen and oxygen atoms in total. The number of carbonyl (C=O) groups excluding carboxylic acids is 2. The van der Waals surface area contributed by atoms with E-state index in [0.717, 1.165) is 10.0 Å². The molecule has 1 N–H and O–H groups in total. The van der Waals surface area contributed by atoms with Crippen molar-refractivity contribution in [1.29, 1.82) is 0 Å². The summed E-state index contributed by atoms with van der Waals surface area (Å²) in [5.41, 5.74) is 2.06. The first-order chi connectivity index (χ1) is 15.1. The average molecular weight is 524 g/mol. The average Bonchev–Trinajstić information content (AvgIpc) is 2.75. The number of halogens is 2. The van der Waals surface area contributed by atoms with Crippen LogP contribution in [0.4, 0.5) is 0 Å². The summed E-state index contributed by atoms with van der Waals surface area (Å²) in [7, 11) is 0. The third kappa shape index (κ3) is 7.82. The van der Waals surface area contributed by atoms with Gasteiger partial charge >= 0.3 is 0 Å². The number of hydrogen-bond acceptors (Lipinski definition) is 3. The highest BCUT2D eigenvalue weighted by molar-refractivity contribution is 9.10. The van der Waals surface area contributed by atoms with Crippen molar-refractivity contribution < 1.29 is 14.3 Å². The van der Waals surface area contributed by atoms with Gasteiger partial charge < -0.3 is 15.0 Å². The van der Waals surface area contributed by atoms with Gasteiger partial charge in [-0.3, -0.25) is 9.59 Å². The number of carbonyl (C=O) groups is 2. The van der Waals surface area contributed by atoms with Crippen molar-refractivity contribution in [2.45, 2.75) is 53.1 Å². The second-order valence-electron chi connectivity index (χ2n) is 8.60. The van der Waals surface area contributed by atoms with Gasteiger partial charge in [0.1, 0.15) is 11.8 Å². The summed E-state index contributed by atoms with van der Waals surface area (Å²) >= 11 is 9.51. The van der Waals surface area contributed by atoms with Crippen LogP contribution in [0.3, 0.4) is 0 Å². The van der Waals surface area contributed by atoms with Gasteiger partial charge in [0.05, 0.1) is 4.47 Å². The minimum atomic E-state index is -0.646. The molecule has 0 radical (unpaired) electrons. The van der Waals surface area contributed by atoms with E-state index in [1.807, 2.05) is 44.2 Å². The van der Waals surface area contributed by atoms with Gasteiger partial charge in [-0.2, -0.15) is 0 Å². The molecule has 0 aliphatic rings. The second-order valence-corrected chi connectivity index (χ2v) is 9.89. The van der Waals surface area contributed by atoms with E-state index in [1.165, 1.54) is 10.5 Å². The molecule has 0 aliphatic heterocycles. The zero-order valence-electron chi connectivity index (χ0n) is 19.3. The van der Waals surface area contributed by atoms with E-state index in [9.17, 15) is 9.59 Å². The van der Waals surface area contributed by atoms with Crippen molar-refractivity contribution in [3.8, 4) is 5.75 Å². The summed E-state index contributed by atoms with van der Waals surface area (Å²) in [6, 6.07) is 12.4. The maximum Gasteiger partial charge on any atom is 0.261 e. The summed E-state index contributed by atoms with van der Waals surface area (Å²) < 4.78 is 6.60. The van der Waals surface area contributed by atoms with E-state index in [2.05, 4.69) is 35.1 Å². The molecule has 0 saturated carbocycles. The van der Waals surface area contributed by atoms with Crippen molar-refractivity contribution in [3.63, 3.8) is 0 Å². The van der Waals surface area contributed by atoms with Gasteiger partial charge in [0.2, 0.25) is 5.91 Å². The van der Waals surface area contributed by atoms with Crippen LogP contribution < -0.4 is 10.1 Å². The summed E-state index contributed by atoms with van der Waals surface area (Å²) in [6.07, 6.45) is 0. The maximum absolute atomic E-state index is 13.1. The van der Waals surface area contributed by atoms with Crippen LogP contribution in [0.1, 0.15) is 51.7 Å². The van der Waals surface area contributed by atoms with Crippen LogP contribution in [0.5, 0.6) is 5.75 Å². The van der Waals surface area contributed by atoms with Gasteiger partial charge in [0.25, 0.3) is 5.91 Å². The summed E-state index contributed by atoms with van der Waals surface area (Å²) in [6.45, 7) is 10.7. The molecule has 1 atom stereocenters. The van der Waals surface area contributed by atoms with Crippen LogP contribution in [0, 0.1) is 5.92 Å². The van der Waals surface area contributed by atoms with E-state index in [4.69, 9.17) is 16.3 Å². The molecule has 174 valence electrons. The molecule has 2 rings (SSSR count). The molecule has 0 unspecified atom stereocenters. The second kappa shape index (κ2) is 12.3. The minimum Gasteiger partial charge on any atom is -0.483 e. The first-order valence-electron chi connectivity index (χ1n) is 10.8. The molecule has 32 heavy (non-hydrogen) atoms. The van der Waals surface area contributed by atoms with Gasteiger partial charge in [-0.25, -0.2) is 0 Å². The molecular weight excluding hydrogens is 492 g/mol. The van der Waals surface area contributed by atoms with Crippen LogP contribution >= 0.6 is 27.5 Å². The van der Waals surface area contributed by atoms with E-state index < -0.39 is 6.04 Å². The third-order valence-corrected chi connectivity index (χ3v) is 5.96. The normalized spacial score (nSPS) is 12.0. The predicted molar refractivity (Wildman–Crippen MR) is 133 cm³/mol. The van der Waals surface area contributed by atoms with Gasteiger partial charge in [-0.1, -0.05) is 57.5 Å². The third-order valence-electron chi connectivity index (χ3n) is 5.09. The molecule has 0 heterocycles. The Bertz CT molecular complexity index is 916. The van der Waals surface area contributed by atoms with Crippen LogP contribution in [-0.2, 0) is 16.1 Å². The highest BCUT2D eigenvalue weighted by atomic mass is 79.9. The Kier molecular flexibility index (Phi) is 10.0. The SMILES string of the molecule is CC(C)CNC(=O)[C@H](C)N(Cc1ccc(Cl)cc1)C(=O)COc1ccc(C(C)C)cc1Br. The first kappa shape index (κ1) is 26.2. The summed E-state index contributed by atoms with van der Waals surface area (Å²) in [5.74, 6) is 0.838. The monoisotopic (exact) mass is 522 g/mol. The first-order valence-corrected chi connectivity index (χ1v) is 12.0. The molecule has 7 heteroatoms. The van der Waals surface area contributed by atoms with E-state index in [0.29, 0.717) is 29.2 Å². The van der Waals surface area contributed by atoms with Crippen molar-refractivity contribution in [3.05, 3.63) is 63.1 Å². The molecule has 2 aromatic rings. The van der Waals surface area contributed by atoms with Crippen LogP contribution in [0.15, 0.2) is 46.9 Å². The summed E-state index contributed by atoms with van der Waals surface area (Å²) in [4.78, 5) is 27.4. The number of amides is 2. The molecule has 0 spiro atoms. The fraction of sp³-hybridized carbons (Fsp3) is 0.440. The van der Waals surface area contributed by atoms with Gasteiger partial charge in [0, 0.05) is 18.1 Å². The van der Waals surface area contributed by atoms with Gasteiger partial charge in [-0.15, -0.1) is 0 Å². The highest BCUT2D eigenvalue weighted by Gasteiger charge is 2.26.